The average Bonchev–Trinajstić information content (AvgIpc) is 3.63. The summed E-state index contributed by atoms with van der Waals surface area (Å²) in [5, 5.41) is 0. The molecular formula is C26H30N2O6. The molecule has 34 heavy (non-hydrogen) atoms. The van der Waals surface area contributed by atoms with Crippen LogP contribution >= 0.6 is 0 Å². The largest absolute Gasteiger partial charge is 0.423 e. The number of benzene rings is 2. The highest BCUT2D eigenvalue weighted by molar-refractivity contribution is 5.89. The van der Waals surface area contributed by atoms with Gasteiger partial charge in [0.05, 0.1) is 56.4 Å². The van der Waals surface area contributed by atoms with E-state index in [-0.39, 0.29) is 24.4 Å². The number of rotatable bonds is 11. The van der Waals surface area contributed by atoms with E-state index in [9.17, 15) is 4.79 Å². The molecule has 4 atom stereocenters. The number of hydrogen-bond donors (Lipinski definition) is 2. The Morgan fingerprint density at radius 2 is 1.29 bits per heavy atom. The molecule has 0 amide bonds. The first kappa shape index (κ1) is 22.2. The highest BCUT2D eigenvalue weighted by atomic mass is 16.6. The molecule has 0 spiro atoms. The van der Waals surface area contributed by atoms with Crippen LogP contribution in [0.3, 0.4) is 0 Å². The molecule has 4 saturated heterocycles. The van der Waals surface area contributed by atoms with Crippen LogP contribution in [-0.4, -0.2) is 56.8 Å². The second-order valence-electron chi connectivity index (χ2n) is 9.71. The summed E-state index contributed by atoms with van der Waals surface area (Å²) in [6.45, 7) is 2.95. The van der Waals surface area contributed by atoms with Crippen LogP contribution in [-0.2, 0) is 55.2 Å². The zero-order chi connectivity index (χ0) is 23.3. The molecule has 4 heterocycles. The van der Waals surface area contributed by atoms with E-state index < -0.39 is 11.8 Å². The number of epoxide rings is 4. The standard InChI is InChI=1S/C26H30N2O6/c27-26(28,34-25(29)15-4-2-1-3-5-15)24-7-16(6-17-11-30-17)21(8-18-12-31-18)22(9-19-13-32-19)23(24)10-20-14-33-20/h1-5,7,17-20H,6,8-14,27-28H2. The zero-order valence-corrected chi connectivity index (χ0v) is 19.0. The van der Waals surface area contributed by atoms with E-state index in [4.69, 9.17) is 35.2 Å². The maximum atomic E-state index is 12.9. The number of hydrogen-bond acceptors (Lipinski definition) is 8. The topological polar surface area (TPSA) is 128 Å². The van der Waals surface area contributed by atoms with Gasteiger partial charge in [-0.3, -0.25) is 11.5 Å². The van der Waals surface area contributed by atoms with Gasteiger partial charge in [0, 0.05) is 31.2 Å². The normalized spacial score (nSPS) is 26.8. The van der Waals surface area contributed by atoms with Crippen molar-refractivity contribution >= 4 is 5.97 Å². The fourth-order valence-corrected chi connectivity index (χ4v) is 4.66. The predicted octanol–water partition coefficient (Wildman–Crippen LogP) is 1.34. The van der Waals surface area contributed by atoms with Crippen molar-refractivity contribution in [3.8, 4) is 0 Å². The number of carbonyl (C=O) groups is 1. The lowest BCUT2D eigenvalue weighted by atomic mass is 9.82. The molecule has 0 aliphatic carbocycles. The molecular weight excluding hydrogens is 436 g/mol. The highest BCUT2D eigenvalue weighted by Gasteiger charge is 2.39. The minimum atomic E-state index is -1.80. The van der Waals surface area contributed by atoms with E-state index in [0.29, 0.717) is 24.2 Å². The summed E-state index contributed by atoms with van der Waals surface area (Å²) in [4.78, 5) is 12.9. The minimum absolute atomic E-state index is 0.112. The Bertz CT molecular complexity index is 1070. The minimum Gasteiger partial charge on any atom is -0.423 e. The van der Waals surface area contributed by atoms with Crippen LogP contribution in [0.1, 0.15) is 38.2 Å². The van der Waals surface area contributed by atoms with E-state index in [0.717, 1.165) is 50.2 Å². The summed E-state index contributed by atoms with van der Waals surface area (Å²) in [5.41, 5.74) is 18.7. The van der Waals surface area contributed by atoms with E-state index in [1.807, 2.05) is 12.1 Å². The van der Waals surface area contributed by atoms with Crippen LogP contribution in [0.25, 0.3) is 0 Å². The second kappa shape index (κ2) is 8.71. The summed E-state index contributed by atoms with van der Waals surface area (Å²) < 4.78 is 28.1. The average molecular weight is 467 g/mol. The van der Waals surface area contributed by atoms with Gasteiger partial charge in [-0.1, -0.05) is 18.2 Å². The maximum Gasteiger partial charge on any atom is 0.341 e. The lowest BCUT2D eigenvalue weighted by Gasteiger charge is -2.31. The van der Waals surface area contributed by atoms with Crippen LogP contribution in [0, 0.1) is 0 Å². The first-order chi connectivity index (χ1) is 16.5. The van der Waals surface area contributed by atoms with Gasteiger partial charge in [0.2, 0.25) is 5.85 Å². The first-order valence-electron chi connectivity index (χ1n) is 12.0. The molecule has 4 N–H and O–H groups in total. The van der Waals surface area contributed by atoms with Gasteiger partial charge in [-0.2, -0.15) is 0 Å². The van der Waals surface area contributed by atoms with Gasteiger partial charge in [-0.15, -0.1) is 0 Å². The molecule has 4 aliphatic heterocycles. The smallest absolute Gasteiger partial charge is 0.341 e. The van der Waals surface area contributed by atoms with Gasteiger partial charge in [-0.25, -0.2) is 4.79 Å². The third-order valence-corrected chi connectivity index (χ3v) is 6.80. The van der Waals surface area contributed by atoms with E-state index >= 15 is 0 Å². The monoisotopic (exact) mass is 466 g/mol. The molecule has 2 aromatic rings. The summed E-state index contributed by atoms with van der Waals surface area (Å²) >= 11 is 0. The molecule has 0 radical (unpaired) electrons. The van der Waals surface area contributed by atoms with E-state index in [2.05, 4.69) is 0 Å². The lowest BCUT2D eigenvalue weighted by Crippen LogP contribution is -2.51. The number of carbonyl (C=O) groups excluding carboxylic acids is 1. The van der Waals surface area contributed by atoms with Crippen LogP contribution in [0.5, 0.6) is 0 Å². The van der Waals surface area contributed by atoms with Gasteiger partial charge in [0.15, 0.2) is 0 Å². The van der Waals surface area contributed by atoms with Gasteiger partial charge < -0.3 is 23.7 Å². The van der Waals surface area contributed by atoms with E-state index in [1.54, 1.807) is 24.3 Å². The maximum absolute atomic E-state index is 12.9. The molecule has 4 unspecified atom stereocenters. The Kier molecular flexibility index (Phi) is 5.68. The second-order valence-corrected chi connectivity index (χ2v) is 9.71. The molecule has 8 nitrogen and oxygen atoms in total. The molecule has 8 heteroatoms. The van der Waals surface area contributed by atoms with Crippen molar-refractivity contribution in [2.45, 2.75) is 55.9 Å². The van der Waals surface area contributed by atoms with Crippen LogP contribution in [0.15, 0.2) is 36.4 Å². The number of nitrogens with two attached hydrogens (primary N) is 2. The quantitative estimate of drug-likeness (QED) is 0.288. The molecule has 4 fully saturated rings. The fraction of sp³-hybridized carbons (Fsp3) is 0.500. The van der Waals surface area contributed by atoms with Crippen LogP contribution in [0.4, 0.5) is 0 Å². The fourth-order valence-electron chi connectivity index (χ4n) is 4.66. The molecule has 180 valence electrons. The van der Waals surface area contributed by atoms with Crippen LogP contribution < -0.4 is 11.5 Å². The van der Waals surface area contributed by atoms with Crippen molar-refractivity contribution in [1.29, 1.82) is 0 Å². The zero-order valence-electron chi connectivity index (χ0n) is 19.0. The van der Waals surface area contributed by atoms with Crippen molar-refractivity contribution in [2.75, 3.05) is 26.4 Å². The van der Waals surface area contributed by atoms with Crippen molar-refractivity contribution in [3.05, 3.63) is 69.8 Å². The molecule has 0 bridgehead atoms. The molecule has 2 aromatic carbocycles. The van der Waals surface area contributed by atoms with Gasteiger partial charge in [0.1, 0.15) is 0 Å². The summed E-state index contributed by atoms with van der Waals surface area (Å²) in [6.07, 6.45) is 3.71. The van der Waals surface area contributed by atoms with Crippen molar-refractivity contribution < 1.29 is 28.5 Å². The third-order valence-electron chi connectivity index (χ3n) is 6.80. The Balaban J connectivity index is 1.43. The first-order valence-corrected chi connectivity index (χ1v) is 12.0. The molecule has 0 aromatic heterocycles. The number of ether oxygens (including phenoxy) is 5. The Morgan fingerprint density at radius 3 is 1.85 bits per heavy atom. The summed E-state index contributed by atoms with van der Waals surface area (Å²) in [6, 6.07) is 10.8. The lowest BCUT2D eigenvalue weighted by molar-refractivity contribution is -0.0160. The molecule has 6 rings (SSSR count). The van der Waals surface area contributed by atoms with Gasteiger partial charge >= 0.3 is 5.97 Å². The summed E-state index contributed by atoms with van der Waals surface area (Å²) in [7, 11) is 0. The Morgan fingerprint density at radius 1 is 0.794 bits per heavy atom. The highest BCUT2D eigenvalue weighted by Crippen LogP contribution is 2.37. The Hall–Kier alpha value is -2.33. The van der Waals surface area contributed by atoms with Crippen molar-refractivity contribution in [2.24, 2.45) is 11.5 Å². The third kappa shape index (κ3) is 5.17. The molecule has 4 aliphatic rings. The summed E-state index contributed by atoms with van der Waals surface area (Å²) in [5.74, 6) is -2.36. The van der Waals surface area contributed by atoms with Gasteiger partial charge in [0.25, 0.3) is 0 Å². The van der Waals surface area contributed by atoms with Gasteiger partial charge in [-0.05, 0) is 40.5 Å². The predicted molar refractivity (Wildman–Crippen MR) is 122 cm³/mol. The SMILES string of the molecule is NC(N)(OC(=O)c1ccccc1)c1cc(CC2CO2)c(CC2CO2)c(CC2CO2)c1CC1CO1. The number of esters is 1. The Labute approximate surface area is 198 Å². The van der Waals surface area contributed by atoms with Crippen LogP contribution in [0.2, 0.25) is 0 Å². The van der Waals surface area contributed by atoms with E-state index in [1.165, 1.54) is 11.1 Å². The molecule has 0 saturated carbocycles. The van der Waals surface area contributed by atoms with Crippen molar-refractivity contribution in [3.63, 3.8) is 0 Å². The van der Waals surface area contributed by atoms with Crippen molar-refractivity contribution in [1.82, 2.24) is 0 Å².